The molecule has 0 bridgehead atoms. The molecule has 0 saturated carbocycles. The first-order valence-electron chi connectivity index (χ1n) is 10.3. The highest BCUT2D eigenvalue weighted by molar-refractivity contribution is 6.33. The van der Waals surface area contributed by atoms with E-state index in [1.807, 2.05) is 58.0 Å². The first-order valence-corrected chi connectivity index (χ1v) is 10.7. The van der Waals surface area contributed by atoms with Crippen LogP contribution in [0.15, 0.2) is 55.6 Å². The Kier molecular flexibility index (Phi) is 11.0. The summed E-state index contributed by atoms with van der Waals surface area (Å²) in [5, 5.41) is 0.736. The van der Waals surface area contributed by atoms with Crippen LogP contribution < -0.4 is 4.90 Å². The van der Waals surface area contributed by atoms with Gasteiger partial charge in [0.1, 0.15) is 5.82 Å². The summed E-state index contributed by atoms with van der Waals surface area (Å²) in [4.78, 5) is 10.5. The van der Waals surface area contributed by atoms with Gasteiger partial charge in [0.2, 0.25) is 0 Å². The number of benzene rings is 2. The maximum atomic E-state index is 6.42. The molecule has 1 aromatic heterocycles. The largest absolute Gasteiger partial charge is 0.372 e. The van der Waals surface area contributed by atoms with Crippen LogP contribution in [0.3, 0.4) is 0 Å². The Balaban J connectivity index is 0.000000599. The van der Waals surface area contributed by atoms with Crippen LogP contribution in [0.5, 0.6) is 0 Å². The molecule has 28 heavy (non-hydrogen) atoms. The Morgan fingerprint density at radius 2 is 1.57 bits per heavy atom. The predicted molar refractivity (Wildman–Crippen MR) is 127 cm³/mol. The van der Waals surface area contributed by atoms with E-state index in [1.54, 1.807) is 0 Å². The number of aromatic amines is 1. The van der Waals surface area contributed by atoms with E-state index in [9.17, 15) is 0 Å². The van der Waals surface area contributed by atoms with Gasteiger partial charge in [0, 0.05) is 24.3 Å². The molecule has 2 aromatic carbocycles. The number of halogens is 1. The Bertz CT molecular complexity index is 787. The zero-order valence-electron chi connectivity index (χ0n) is 17.8. The van der Waals surface area contributed by atoms with Gasteiger partial charge in [0.15, 0.2) is 0 Å². The van der Waals surface area contributed by atoms with Crippen LogP contribution in [0, 0.1) is 0 Å². The number of hydrogen-bond donors (Lipinski definition) is 1. The third-order valence-corrected chi connectivity index (χ3v) is 4.65. The van der Waals surface area contributed by atoms with Crippen molar-refractivity contribution in [2.24, 2.45) is 0 Å². The lowest BCUT2D eigenvalue weighted by molar-refractivity contribution is 0.578. The van der Waals surface area contributed by atoms with Crippen molar-refractivity contribution in [3.8, 4) is 11.4 Å². The average Bonchev–Trinajstić information content (AvgIpc) is 3.23. The van der Waals surface area contributed by atoms with E-state index < -0.39 is 0 Å². The SMILES string of the molecule is C=C.CC.CC.Clc1ccc(N2CCCCC2)cc1-c1nc2ccccc2[nH]1. The number of fused-ring (bicyclic) bond motifs is 1. The molecule has 4 heteroatoms. The van der Waals surface area contributed by atoms with E-state index in [0.717, 1.165) is 40.5 Å². The van der Waals surface area contributed by atoms with Crippen molar-refractivity contribution in [2.75, 3.05) is 18.0 Å². The molecule has 0 amide bonds. The number of anilines is 1. The van der Waals surface area contributed by atoms with Gasteiger partial charge in [-0.25, -0.2) is 4.98 Å². The lowest BCUT2D eigenvalue weighted by Gasteiger charge is -2.29. The van der Waals surface area contributed by atoms with Gasteiger partial charge in [-0.1, -0.05) is 51.4 Å². The minimum absolute atomic E-state index is 0.736. The molecule has 0 unspecified atom stereocenters. The highest BCUT2D eigenvalue weighted by atomic mass is 35.5. The van der Waals surface area contributed by atoms with Gasteiger partial charge in [-0.15, -0.1) is 13.2 Å². The molecule has 3 nitrogen and oxygen atoms in total. The standard InChI is InChI=1S/C18H18ClN3.2C2H6.C2H4/c19-15-9-8-13(22-10-4-1-5-11-22)12-14(15)18-20-16-6-2-3-7-17(16)21-18;3*1-2/h2-3,6-9,12H,1,4-5,10-11H2,(H,20,21);2*1-2H3;1-2H2. The summed E-state index contributed by atoms with van der Waals surface area (Å²) < 4.78 is 0. The van der Waals surface area contributed by atoms with Crippen LogP contribution in [-0.4, -0.2) is 23.1 Å². The van der Waals surface area contributed by atoms with E-state index in [1.165, 1.54) is 24.9 Å². The number of para-hydroxylation sites is 2. The van der Waals surface area contributed by atoms with E-state index in [0.29, 0.717) is 0 Å². The maximum absolute atomic E-state index is 6.42. The van der Waals surface area contributed by atoms with Gasteiger partial charge in [-0.2, -0.15) is 0 Å². The lowest BCUT2D eigenvalue weighted by atomic mass is 10.1. The molecular weight excluding hydrogens is 366 g/mol. The van der Waals surface area contributed by atoms with Crippen LogP contribution in [-0.2, 0) is 0 Å². The van der Waals surface area contributed by atoms with Gasteiger partial charge in [0.25, 0.3) is 0 Å². The second-order valence-corrected chi connectivity index (χ2v) is 6.22. The Hall–Kier alpha value is -2.26. The molecule has 1 aliphatic heterocycles. The van der Waals surface area contributed by atoms with Crippen LogP contribution in [0.2, 0.25) is 5.02 Å². The minimum Gasteiger partial charge on any atom is -0.372 e. The van der Waals surface area contributed by atoms with Gasteiger partial charge in [-0.3, -0.25) is 0 Å². The second-order valence-electron chi connectivity index (χ2n) is 5.81. The third kappa shape index (κ3) is 5.87. The Labute approximate surface area is 175 Å². The van der Waals surface area contributed by atoms with E-state index >= 15 is 0 Å². The number of piperidine rings is 1. The number of nitrogens with zero attached hydrogens (tertiary/aromatic N) is 2. The fourth-order valence-electron chi connectivity index (χ4n) is 3.12. The predicted octanol–water partition coefficient (Wildman–Crippen LogP) is 7.73. The molecule has 3 aromatic rings. The van der Waals surface area contributed by atoms with Crippen molar-refractivity contribution in [1.29, 1.82) is 0 Å². The van der Waals surface area contributed by atoms with Gasteiger partial charge >= 0.3 is 0 Å². The van der Waals surface area contributed by atoms with Gasteiger partial charge in [0.05, 0.1) is 16.1 Å². The zero-order chi connectivity index (χ0) is 20.9. The highest BCUT2D eigenvalue weighted by Crippen LogP contribution is 2.32. The number of imidazole rings is 1. The Morgan fingerprint density at radius 1 is 0.929 bits per heavy atom. The molecule has 0 atom stereocenters. The molecule has 2 heterocycles. The summed E-state index contributed by atoms with van der Waals surface area (Å²) in [5.41, 5.74) is 4.22. The summed E-state index contributed by atoms with van der Waals surface area (Å²) >= 11 is 6.42. The third-order valence-electron chi connectivity index (χ3n) is 4.32. The second kappa shape index (κ2) is 13.0. The van der Waals surface area contributed by atoms with Crippen LogP contribution in [0.1, 0.15) is 47.0 Å². The van der Waals surface area contributed by atoms with E-state index in [4.69, 9.17) is 11.6 Å². The first-order chi connectivity index (χ1) is 13.8. The van der Waals surface area contributed by atoms with Crippen molar-refractivity contribution in [3.63, 3.8) is 0 Å². The van der Waals surface area contributed by atoms with Crippen LogP contribution in [0.4, 0.5) is 5.69 Å². The fraction of sp³-hybridized carbons (Fsp3) is 0.375. The van der Waals surface area contributed by atoms with Crippen molar-refractivity contribution in [3.05, 3.63) is 60.6 Å². The maximum Gasteiger partial charge on any atom is 0.140 e. The lowest BCUT2D eigenvalue weighted by Crippen LogP contribution is -2.29. The molecule has 1 N–H and O–H groups in total. The molecule has 0 aliphatic carbocycles. The molecule has 1 fully saturated rings. The molecule has 4 rings (SSSR count). The van der Waals surface area contributed by atoms with Crippen molar-refractivity contribution >= 4 is 28.3 Å². The summed E-state index contributed by atoms with van der Waals surface area (Å²) in [7, 11) is 0. The Morgan fingerprint density at radius 3 is 2.21 bits per heavy atom. The highest BCUT2D eigenvalue weighted by Gasteiger charge is 2.15. The van der Waals surface area contributed by atoms with Crippen molar-refractivity contribution in [1.82, 2.24) is 9.97 Å². The smallest absolute Gasteiger partial charge is 0.140 e. The molecular formula is C24H34ClN3. The first kappa shape index (κ1) is 23.8. The number of rotatable bonds is 2. The molecule has 1 saturated heterocycles. The number of nitrogens with one attached hydrogen (secondary N) is 1. The molecule has 0 spiro atoms. The van der Waals surface area contributed by atoms with Crippen molar-refractivity contribution in [2.45, 2.75) is 47.0 Å². The summed E-state index contributed by atoms with van der Waals surface area (Å²) in [6.45, 7) is 16.3. The summed E-state index contributed by atoms with van der Waals surface area (Å²) in [6, 6.07) is 14.3. The topological polar surface area (TPSA) is 31.9 Å². The minimum atomic E-state index is 0.736. The van der Waals surface area contributed by atoms with E-state index in [2.05, 4.69) is 40.2 Å². The zero-order valence-corrected chi connectivity index (χ0v) is 18.5. The molecule has 0 radical (unpaired) electrons. The average molecular weight is 400 g/mol. The number of aromatic nitrogens is 2. The summed E-state index contributed by atoms with van der Waals surface area (Å²) in [5.74, 6) is 0.838. The quantitative estimate of drug-likeness (QED) is 0.447. The fourth-order valence-corrected chi connectivity index (χ4v) is 3.33. The van der Waals surface area contributed by atoms with Gasteiger partial charge < -0.3 is 9.88 Å². The van der Waals surface area contributed by atoms with Crippen molar-refractivity contribution < 1.29 is 0 Å². The monoisotopic (exact) mass is 399 g/mol. The molecule has 152 valence electrons. The van der Waals surface area contributed by atoms with E-state index in [-0.39, 0.29) is 0 Å². The normalized spacial score (nSPS) is 12.7. The number of H-pyrrole nitrogens is 1. The van der Waals surface area contributed by atoms with Crippen LogP contribution >= 0.6 is 11.6 Å². The van der Waals surface area contributed by atoms with Crippen LogP contribution in [0.25, 0.3) is 22.4 Å². The molecule has 1 aliphatic rings. The number of hydrogen-bond acceptors (Lipinski definition) is 2. The van der Waals surface area contributed by atoms with Gasteiger partial charge in [-0.05, 0) is 49.6 Å². The summed E-state index contributed by atoms with van der Waals surface area (Å²) in [6.07, 6.45) is 3.87.